The molecule has 2 rings (SSSR count). The molecule has 2 aromatic heterocycles. The highest BCUT2D eigenvalue weighted by Gasteiger charge is 2.22. The zero-order valence-electron chi connectivity index (χ0n) is 11.2. The van der Waals surface area contributed by atoms with Gasteiger partial charge in [-0.2, -0.15) is 0 Å². The average molecular weight is 281 g/mol. The molecule has 1 unspecified atom stereocenters. The number of aromatic nitrogens is 3. The fourth-order valence-corrected chi connectivity index (χ4v) is 2.86. The third-order valence-corrected chi connectivity index (χ3v) is 3.95. The summed E-state index contributed by atoms with van der Waals surface area (Å²) in [5.74, 6) is 0.283. The first kappa shape index (κ1) is 13.5. The molecule has 0 aliphatic rings. The predicted octanol–water partition coefficient (Wildman–Crippen LogP) is 2.57. The summed E-state index contributed by atoms with van der Waals surface area (Å²) in [6.07, 6.45) is 1.39. The van der Waals surface area contributed by atoms with Gasteiger partial charge < -0.3 is 5.32 Å². The molecule has 0 spiro atoms. The molecule has 1 N–H and O–H groups in total. The first-order valence-electron chi connectivity index (χ1n) is 5.77. The second kappa shape index (κ2) is 4.96. The SMILES string of the molecule is Cc1nc(C)c(C(C)Nc2nn(C)cc2[N+](=O)[O-])s1. The number of nitro groups is 1. The van der Waals surface area contributed by atoms with Crippen LogP contribution in [0.25, 0.3) is 0 Å². The van der Waals surface area contributed by atoms with Crippen LogP contribution < -0.4 is 5.32 Å². The minimum absolute atomic E-state index is 0.0201. The highest BCUT2D eigenvalue weighted by Crippen LogP contribution is 2.30. The lowest BCUT2D eigenvalue weighted by atomic mass is 10.2. The molecule has 0 radical (unpaired) electrons. The summed E-state index contributed by atoms with van der Waals surface area (Å²) in [6, 6.07) is -0.0696. The second-order valence-corrected chi connectivity index (χ2v) is 5.58. The van der Waals surface area contributed by atoms with Crippen LogP contribution in [0.15, 0.2) is 6.20 Å². The zero-order valence-corrected chi connectivity index (χ0v) is 12.0. The van der Waals surface area contributed by atoms with Gasteiger partial charge in [-0.3, -0.25) is 14.8 Å². The Morgan fingerprint density at radius 1 is 1.53 bits per heavy atom. The fourth-order valence-electron chi connectivity index (χ4n) is 1.93. The summed E-state index contributed by atoms with van der Waals surface area (Å²) >= 11 is 1.58. The van der Waals surface area contributed by atoms with Crippen molar-refractivity contribution < 1.29 is 4.92 Å². The molecule has 19 heavy (non-hydrogen) atoms. The first-order valence-corrected chi connectivity index (χ1v) is 6.58. The molecule has 0 aliphatic heterocycles. The number of thiazole rings is 1. The summed E-state index contributed by atoms with van der Waals surface area (Å²) in [6.45, 7) is 5.82. The van der Waals surface area contributed by atoms with Crippen molar-refractivity contribution in [2.45, 2.75) is 26.8 Å². The van der Waals surface area contributed by atoms with Crippen LogP contribution in [0.5, 0.6) is 0 Å². The van der Waals surface area contributed by atoms with Gasteiger partial charge >= 0.3 is 5.69 Å². The van der Waals surface area contributed by atoms with Crippen molar-refractivity contribution in [3.05, 3.63) is 31.9 Å². The zero-order chi connectivity index (χ0) is 14.2. The number of nitrogens with zero attached hydrogens (tertiary/aromatic N) is 4. The third kappa shape index (κ3) is 2.73. The molecule has 0 fully saturated rings. The van der Waals surface area contributed by atoms with Gasteiger partial charge in [-0.05, 0) is 20.8 Å². The molecular weight excluding hydrogens is 266 g/mol. The van der Waals surface area contributed by atoms with E-state index in [9.17, 15) is 10.1 Å². The van der Waals surface area contributed by atoms with Gasteiger partial charge in [0.1, 0.15) is 6.20 Å². The average Bonchev–Trinajstić information content (AvgIpc) is 2.81. The molecule has 2 aromatic rings. The summed E-state index contributed by atoms with van der Waals surface area (Å²) in [5.41, 5.74) is 0.925. The Morgan fingerprint density at radius 3 is 2.74 bits per heavy atom. The van der Waals surface area contributed by atoms with Crippen LogP contribution in [0, 0.1) is 24.0 Å². The molecule has 0 bridgehead atoms. The molecule has 8 heteroatoms. The Kier molecular flexibility index (Phi) is 3.52. The quantitative estimate of drug-likeness (QED) is 0.687. The van der Waals surface area contributed by atoms with Crippen LogP contribution in [0.4, 0.5) is 11.5 Å². The summed E-state index contributed by atoms with van der Waals surface area (Å²) in [7, 11) is 1.66. The van der Waals surface area contributed by atoms with Crippen molar-refractivity contribution >= 4 is 22.8 Å². The Balaban J connectivity index is 2.26. The normalized spacial score (nSPS) is 12.4. The molecule has 7 nitrogen and oxygen atoms in total. The van der Waals surface area contributed by atoms with Crippen molar-refractivity contribution in [1.29, 1.82) is 0 Å². The van der Waals surface area contributed by atoms with E-state index >= 15 is 0 Å². The van der Waals surface area contributed by atoms with Crippen molar-refractivity contribution in [1.82, 2.24) is 14.8 Å². The number of hydrogen-bond donors (Lipinski definition) is 1. The van der Waals surface area contributed by atoms with Gasteiger partial charge in [0.15, 0.2) is 0 Å². The number of anilines is 1. The molecule has 1 atom stereocenters. The molecular formula is C11H15N5O2S. The van der Waals surface area contributed by atoms with E-state index in [1.807, 2.05) is 20.8 Å². The monoisotopic (exact) mass is 281 g/mol. The smallest absolute Gasteiger partial charge is 0.330 e. The summed E-state index contributed by atoms with van der Waals surface area (Å²) in [5, 5.41) is 19.1. The standard InChI is InChI=1S/C11H15N5O2S/c1-6-10(19-8(3)12-6)7(2)13-11-9(16(17)18)5-15(4)14-11/h5,7H,1-4H3,(H,13,14). The van der Waals surface area contributed by atoms with Crippen LogP contribution in [0.3, 0.4) is 0 Å². The molecule has 0 saturated carbocycles. The van der Waals surface area contributed by atoms with E-state index in [4.69, 9.17) is 0 Å². The maximum atomic E-state index is 10.9. The lowest BCUT2D eigenvalue weighted by Crippen LogP contribution is -2.08. The van der Waals surface area contributed by atoms with Gasteiger partial charge in [0, 0.05) is 11.9 Å². The van der Waals surface area contributed by atoms with Crippen LogP contribution in [0.2, 0.25) is 0 Å². The maximum absolute atomic E-state index is 10.9. The van der Waals surface area contributed by atoms with E-state index in [1.165, 1.54) is 10.9 Å². The van der Waals surface area contributed by atoms with Crippen LogP contribution in [-0.4, -0.2) is 19.7 Å². The van der Waals surface area contributed by atoms with E-state index in [0.717, 1.165) is 15.6 Å². The maximum Gasteiger partial charge on any atom is 0.330 e. The Bertz CT molecular complexity index is 619. The largest absolute Gasteiger partial charge is 0.355 e. The summed E-state index contributed by atoms with van der Waals surface area (Å²) in [4.78, 5) is 15.9. The van der Waals surface area contributed by atoms with Crippen molar-refractivity contribution in [3.63, 3.8) is 0 Å². The number of hydrogen-bond acceptors (Lipinski definition) is 6. The van der Waals surface area contributed by atoms with Gasteiger partial charge in [-0.1, -0.05) is 0 Å². The number of rotatable bonds is 4. The molecule has 0 amide bonds. The number of nitrogens with one attached hydrogen (secondary N) is 1. The van der Waals surface area contributed by atoms with Gasteiger partial charge in [-0.15, -0.1) is 16.4 Å². The van der Waals surface area contributed by atoms with Crippen molar-refractivity contribution in [3.8, 4) is 0 Å². The molecule has 0 saturated heterocycles. The van der Waals surface area contributed by atoms with Crippen molar-refractivity contribution in [2.24, 2.45) is 7.05 Å². The minimum atomic E-state index is -0.438. The minimum Gasteiger partial charge on any atom is -0.355 e. The van der Waals surface area contributed by atoms with E-state index in [2.05, 4.69) is 15.4 Å². The van der Waals surface area contributed by atoms with E-state index in [1.54, 1.807) is 18.4 Å². The highest BCUT2D eigenvalue weighted by molar-refractivity contribution is 7.11. The Labute approximate surface area is 114 Å². The lowest BCUT2D eigenvalue weighted by Gasteiger charge is -2.11. The second-order valence-electron chi connectivity index (χ2n) is 4.34. The van der Waals surface area contributed by atoms with E-state index in [-0.39, 0.29) is 17.5 Å². The first-order chi connectivity index (χ1) is 8.88. The fraction of sp³-hybridized carbons (Fsp3) is 0.455. The molecule has 102 valence electrons. The van der Waals surface area contributed by atoms with E-state index < -0.39 is 4.92 Å². The van der Waals surface area contributed by atoms with Crippen LogP contribution >= 0.6 is 11.3 Å². The third-order valence-electron chi connectivity index (χ3n) is 2.69. The molecule has 0 aliphatic carbocycles. The van der Waals surface area contributed by atoms with Crippen molar-refractivity contribution in [2.75, 3.05) is 5.32 Å². The summed E-state index contributed by atoms with van der Waals surface area (Å²) < 4.78 is 1.43. The van der Waals surface area contributed by atoms with Gasteiger partial charge in [-0.25, -0.2) is 4.98 Å². The van der Waals surface area contributed by atoms with Gasteiger partial charge in [0.2, 0.25) is 5.82 Å². The predicted molar refractivity (Wildman–Crippen MR) is 73.5 cm³/mol. The Morgan fingerprint density at radius 2 is 2.21 bits per heavy atom. The molecule has 2 heterocycles. The van der Waals surface area contributed by atoms with Crippen LogP contribution in [0.1, 0.15) is 28.5 Å². The lowest BCUT2D eigenvalue weighted by molar-refractivity contribution is -0.384. The number of aryl methyl sites for hydroxylation is 3. The van der Waals surface area contributed by atoms with Gasteiger partial charge in [0.25, 0.3) is 0 Å². The molecule has 0 aromatic carbocycles. The van der Waals surface area contributed by atoms with E-state index in [0.29, 0.717) is 0 Å². The van der Waals surface area contributed by atoms with Gasteiger partial charge in [0.05, 0.1) is 21.7 Å². The Hall–Kier alpha value is -1.96. The topological polar surface area (TPSA) is 85.9 Å². The van der Waals surface area contributed by atoms with Crippen LogP contribution in [-0.2, 0) is 7.05 Å². The highest BCUT2D eigenvalue weighted by atomic mass is 32.1.